The van der Waals surface area contributed by atoms with Crippen molar-refractivity contribution < 1.29 is 4.79 Å². The van der Waals surface area contributed by atoms with Crippen molar-refractivity contribution >= 4 is 53.7 Å². The van der Waals surface area contributed by atoms with E-state index in [9.17, 15) is 4.79 Å². The first-order valence-corrected chi connectivity index (χ1v) is 9.97. The molecule has 2 aromatic rings. The number of amides is 1. The molecule has 148 valence electrons. The molecule has 0 saturated carbocycles. The van der Waals surface area contributed by atoms with Gasteiger partial charge in [0.05, 0.1) is 5.69 Å². The summed E-state index contributed by atoms with van der Waals surface area (Å²) in [7, 11) is 1.94. The molecule has 3 heterocycles. The second-order valence-electron chi connectivity index (χ2n) is 7.12. The van der Waals surface area contributed by atoms with Crippen molar-refractivity contribution in [2.24, 2.45) is 0 Å². The molecule has 27 heavy (non-hydrogen) atoms. The highest BCUT2D eigenvalue weighted by Crippen LogP contribution is 2.33. The Morgan fingerprint density at radius 2 is 1.93 bits per heavy atom. The number of hydrogen-bond acceptors (Lipinski definition) is 4. The molecule has 2 unspecified atom stereocenters. The van der Waals surface area contributed by atoms with Crippen molar-refractivity contribution in [2.45, 2.75) is 50.7 Å². The van der Waals surface area contributed by atoms with Crippen LogP contribution in [0.4, 0.5) is 0 Å². The summed E-state index contributed by atoms with van der Waals surface area (Å²) in [6.07, 6.45) is 4.58. The number of nitrogens with one attached hydrogen (secondary N) is 1. The molecule has 4 rings (SSSR count). The van der Waals surface area contributed by atoms with E-state index in [-0.39, 0.29) is 30.7 Å². The van der Waals surface area contributed by atoms with E-state index in [1.165, 1.54) is 24.2 Å². The highest BCUT2D eigenvalue weighted by atomic mass is 35.5. The van der Waals surface area contributed by atoms with E-state index in [1.54, 1.807) is 0 Å². The number of aryl methyl sites for hydroxylation is 1. The minimum absolute atomic E-state index is 0. The van der Waals surface area contributed by atoms with Gasteiger partial charge in [-0.05, 0) is 44.7 Å². The Bertz CT molecular complexity index is 801. The zero-order valence-electron chi connectivity index (χ0n) is 15.3. The number of hydrogen-bond donors (Lipinski definition) is 1. The van der Waals surface area contributed by atoms with E-state index in [0.29, 0.717) is 23.1 Å². The van der Waals surface area contributed by atoms with Gasteiger partial charge in [-0.25, -0.2) is 4.98 Å². The molecular weight excluding hydrogens is 425 g/mol. The lowest BCUT2D eigenvalue weighted by Gasteiger charge is -2.35. The van der Waals surface area contributed by atoms with E-state index >= 15 is 0 Å². The Balaban J connectivity index is 0.00000131. The fourth-order valence-corrected chi connectivity index (χ4v) is 5.24. The first-order chi connectivity index (χ1) is 12.0. The number of fused-ring (bicyclic) bond motifs is 2. The lowest BCUT2D eigenvalue weighted by molar-refractivity contribution is 0.0685. The average Bonchev–Trinajstić information content (AvgIpc) is 3.15. The van der Waals surface area contributed by atoms with E-state index in [4.69, 9.17) is 11.6 Å². The molecule has 4 nitrogen and oxygen atoms in total. The molecule has 1 aromatic carbocycles. The number of carbonyl (C=O) groups is 1. The van der Waals surface area contributed by atoms with Crippen molar-refractivity contribution in [2.75, 3.05) is 7.05 Å². The summed E-state index contributed by atoms with van der Waals surface area (Å²) in [5.41, 5.74) is 1.76. The fourth-order valence-electron chi connectivity index (χ4n) is 4.01. The Labute approximate surface area is 181 Å². The topological polar surface area (TPSA) is 45.2 Å². The Morgan fingerprint density at radius 3 is 2.56 bits per heavy atom. The van der Waals surface area contributed by atoms with Crippen LogP contribution in [0.1, 0.15) is 41.0 Å². The summed E-state index contributed by atoms with van der Waals surface area (Å²) < 4.78 is 0. The van der Waals surface area contributed by atoms with Gasteiger partial charge in [0.1, 0.15) is 9.88 Å². The number of halogens is 3. The van der Waals surface area contributed by atoms with Gasteiger partial charge in [0.15, 0.2) is 0 Å². The van der Waals surface area contributed by atoms with Crippen molar-refractivity contribution in [3.05, 3.63) is 39.9 Å². The summed E-state index contributed by atoms with van der Waals surface area (Å²) >= 11 is 7.55. The predicted octanol–water partition coefficient (Wildman–Crippen LogP) is 4.97. The van der Waals surface area contributed by atoms with Crippen molar-refractivity contribution in [3.63, 3.8) is 0 Å². The Hall–Kier alpha value is -0.850. The van der Waals surface area contributed by atoms with Crippen LogP contribution in [0.5, 0.6) is 0 Å². The quantitative estimate of drug-likeness (QED) is 0.721. The molecular formula is C19H24Cl3N3OS. The maximum atomic E-state index is 13.1. The smallest absolute Gasteiger partial charge is 0.265 e. The molecule has 0 aliphatic carbocycles. The van der Waals surface area contributed by atoms with Gasteiger partial charge in [-0.2, -0.15) is 0 Å². The summed E-state index contributed by atoms with van der Waals surface area (Å²) in [6, 6.07) is 9.09. The molecule has 2 fully saturated rings. The van der Waals surface area contributed by atoms with E-state index < -0.39 is 0 Å². The van der Waals surface area contributed by atoms with Crippen molar-refractivity contribution in [1.82, 2.24) is 15.2 Å². The third kappa shape index (κ3) is 4.60. The third-order valence-electron chi connectivity index (χ3n) is 5.38. The molecule has 0 spiro atoms. The standard InChI is InChI=1S/C19H22ClN3OS.2ClH/c1-11-17(25-18(21-11)12-4-3-5-13(20)8-12)19(24)23(2)16-9-14-6-7-15(10-16)22-14;;/h3-5,8,14-16,22H,6-7,9-10H2,1-2H3;2*1H. The Morgan fingerprint density at radius 1 is 1.26 bits per heavy atom. The number of piperidine rings is 1. The van der Waals surface area contributed by atoms with E-state index in [0.717, 1.165) is 34.0 Å². The lowest BCUT2D eigenvalue weighted by atomic mass is 9.98. The summed E-state index contributed by atoms with van der Waals surface area (Å²) in [5.74, 6) is 0.0922. The molecule has 1 aromatic heterocycles. The average molecular weight is 449 g/mol. The van der Waals surface area contributed by atoms with E-state index in [2.05, 4.69) is 10.3 Å². The maximum Gasteiger partial charge on any atom is 0.265 e. The highest BCUT2D eigenvalue weighted by molar-refractivity contribution is 7.17. The molecule has 8 heteroatoms. The van der Waals surface area contributed by atoms with Crippen LogP contribution in [0, 0.1) is 6.92 Å². The van der Waals surface area contributed by atoms with Gasteiger partial charge in [-0.3, -0.25) is 4.79 Å². The lowest BCUT2D eigenvalue weighted by Crippen LogP contribution is -2.48. The molecule has 1 amide bonds. The van der Waals surface area contributed by atoms with Crippen LogP contribution in [0.2, 0.25) is 5.02 Å². The fraction of sp³-hybridized carbons (Fsp3) is 0.474. The molecule has 0 radical (unpaired) electrons. The third-order valence-corrected chi connectivity index (χ3v) is 6.81. The van der Waals surface area contributed by atoms with Gasteiger partial charge in [0.25, 0.3) is 5.91 Å². The second kappa shape index (κ2) is 9.10. The largest absolute Gasteiger partial charge is 0.338 e. The molecule has 2 aliphatic rings. The zero-order valence-corrected chi connectivity index (χ0v) is 18.5. The first kappa shape index (κ1) is 22.4. The first-order valence-electron chi connectivity index (χ1n) is 8.78. The number of thiazole rings is 1. The summed E-state index contributed by atoms with van der Waals surface area (Å²) in [6.45, 7) is 1.91. The number of benzene rings is 1. The SMILES string of the molecule is Cc1nc(-c2cccc(Cl)c2)sc1C(=O)N(C)C1CC2CCC(C1)N2.Cl.Cl. The molecule has 1 N–H and O–H groups in total. The minimum atomic E-state index is 0. The zero-order chi connectivity index (χ0) is 17.6. The molecule has 2 bridgehead atoms. The van der Waals surface area contributed by atoms with Crippen molar-refractivity contribution in [3.8, 4) is 10.6 Å². The maximum absolute atomic E-state index is 13.1. The second-order valence-corrected chi connectivity index (χ2v) is 8.56. The number of nitrogens with zero attached hydrogens (tertiary/aromatic N) is 2. The van der Waals surface area contributed by atoms with Crippen LogP contribution in [0.3, 0.4) is 0 Å². The van der Waals surface area contributed by atoms with Gasteiger partial charge in [-0.1, -0.05) is 23.7 Å². The molecule has 2 aliphatic heterocycles. The van der Waals surface area contributed by atoms with Crippen molar-refractivity contribution in [1.29, 1.82) is 0 Å². The van der Waals surface area contributed by atoms with Crippen LogP contribution < -0.4 is 5.32 Å². The number of aromatic nitrogens is 1. The van der Waals surface area contributed by atoms with E-state index in [1.807, 2.05) is 43.1 Å². The predicted molar refractivity (Wildman–Crippen MR) is 117 cm³/mol. The van der Waals surface area contributed by atoms with Crippen LogP contribution >= 0.6 is 47.8 Å². The normalized spacial score (nSPS) is 23.3. The van der Waals surface area contributed by atoms with Crippen LogP contribution in [0.25, 0.3) is 10.6 Å². The minimum Gasteiger partial charge on any atom is -0.338 e. The Kier molecular flexibility index (Phi) is 7.56. The monoisotopic (exact) mass is 447 g/mol. The van der Waals surface area contributed by atoms with Gasteiger partial charge in [0.2, 0.25) is 0 Å². The van der Waals surface area contributed by atoms with Crippen LogP contribution in [0.15, 0.2) is 24.3 Å². The van der Waals surface area contributed by atoms with Crippen LogP contribution in [-0.2, 0) is 0 Å². The summed E-state index contributed by atoms with van der Waals surface area (Å²) in [5, 5.41) is 5.17. The van der Waals surface area contributed by atoms with Crippen LogP contribution in [-0.4, -0.2) is 41.0 Å². The van der Waals surface area contributed by atoms with Gasteiger partial charge in [0, 0.05) is 35.8 Å². The summed E-state index contributed by atoms with van der Waals surface area (Å²) in [4.78, 5) is 20.4. The number of rotatable bonds is 3. The van der Waals surface area contributed by atoms with Gasteiger partial charge < -0.3 is 10.2 Å². The molecule has 2 atom stereocenters. The van der Waals surface area contributed by atoms with Gasteiger partial charge in [-0.15, -0.1) is 36.2 Å². The number of carbonyl (C=O) groups excluding carboxylic acids is 1. The highest BCUT2D eigenvalue weighted by Gasteiger charge is 2.37. The molecule has 2 saturated heterocycles. The van der Waals surface area contributed by atoms with Gasteiger partial charge >= 0.3 is 0 Å².